The summed E-state index contributed by atoms with van der Waals surface area (Å²) in [7, 11) is 0. The highest BCUT2D eigenvalue weighted by Gasteiger charge is 2.31. The van der Waals surface area contributed by atoms with Gasteiger partial charge < -0.3 is 19.3 Å². The quantitative estimate of drug-likeness (QED) is 0.219. The Bertz CT molecular complexity index is 674. The van der Waals surface area contributed by atoms with Crippen molar-refractivity contribution in [1.82, 2.24) is 0 Å². The van der Waals surface area contributed by atoms with E-state index >= 15 is 0 Å². The number of carbonyl (C=O) groups is 1. The van der Waals surface area contributed by atoms with Crippen molar-refractivity contribution < 1.29 is 24.1 Å². The maximum atomic E-state index is 11.1. The van der Waals surface area contributed by atoms with Crippen LogP contribution in [0.5, 0.6) is 11.5 Å². The van der Waals surface area contributed by atoms with Gasteiger partial charge in [0.2, 0.25) is 6.79 Å². The average Bonchev–Trinajstić information content (AvgIpc) is 3.38. The molecule has 2 atom stereocenters. The fraction of sp³-hybridized carbons (Fsp3) is 0.741. The van der Waals surface area contributed by atoms with Crippen LogP contribution in [0, 0.1) is 0 Å². The van der Waals surface area contributed by atoms with Gasteiger partial charge in [0.25, 0.3) is 0 Å². The van der Waals surface area contributed by atoms with Crippen LogP contribution >= 0.6 is 0 Å². The molecule has 0 aromatic heterocycles. The number of esters is 1. The molecule has 0 aliphatic carbocycles. The van der Waals surface area contributed by atoms with Crippen LogP contribution in [0.25, 0.3) is 0 Å². The lowest BCUT2D eigenvalue weighted by Crippen LogP contribution is -2.11. The van der Waals surface area contributed by atoms with E-state index in [9.17, 15) is 9.90 Å². The molecule has 2 heterocycles. The van der Waals surface area contributed by atoms with Crippen LogP contribution in [0.2, 0.25) is 0 Å². The number of unbranched alkanes of at least 4 members (excludes halogenated alkanes) is 13. The normalized spacial score (nSPS) is 19.5. The largest absolute Gasteiger partial charge is 0.460 e. The summed E-state index contributed by atoms with van der Waals surface area (Å²) in [6.45, 7) is 0.354. The number of ether oxygens (including phenoxy) is 3. The van der Waals surface area contributed by atoms with Gasteiger partial charge in [-0.3, -0.25) is 0 Å². The molecule has 0 radical (unpaired) electrons. The zero-order valence-electron chi connectivity index (χ0n) is 19.7. The third-order valence-corrected chi connectivity index (χ3v) is 6.72. The van der Waals surface area contributed by atoms with E-state index in [4.69, 9.17) is 14.2 Å². The molecule has 1 saturated heterocycles. The molecule has 2 aliphatic heterocycles. The van der Waals surface area contributed by atoms with Crippen molar-refractivity contribution >= 4 is 5.97 Å². The number of rotatable bonds is 17. The molecule has 5 heteroatoms. The maximum Gasteiger partial charge on any atom is 0.335 e. The van der Waals surface area contributed by atoms with Crippen molar-refractivity contribution in [2.45, 2.75) is 121 Å². The Morgan fingerprint density at radius 1 is 0.750 bits per heavy atom. The number of fused-ring (bicyclic) bond motifs is 1. The van der Waals surface area contributed by atoms with E-state index in [-0.39, 0.29) is 6.10 Å². The van der Waals surface area contributed by atoms with Gasteiger partial charge in [0.1, 0.15) is 6.10 Å². The highest BCUT2D eigenvalue weighted by Crippen LogP contribution is 2.33. The molecule has 0 amide bonds. The minimum Gasteiger partial charge on any atom is -0.460 e. The van der Waals surface area contributed by atoms with Crippen LogP contribution in [0.3, 0.4) is 0 Å². The second-order valence-electron chi connectivity index (χ2n) is 9.49. The highest BCUT2D eigenvalue weighted by atomic mass is 16.7. The third-order valence-electron chi connectivity index (χ3n) is 6.72. The molecule has 2 unspecified atom stereocenters. The Labute approximate surface area is 193 Å². The summed E-state index contributed by atoms with van der Waals surface area (Å²) in [6.07, 6.45) is 20.0. The minimum absolute atomic E-state index is 0.0486. The number of cyclic esters (lactones) is 1. The molecular formula is C27H42O5. The lowest BCUT2D eigenvalue weighted by Gasteiger charge is -2.08. The van der Waals surface area contributed by atoms with E-state index in [2.05, 4.69) is 12.1 Å². The summed E-state index contributed by atoms with van der Waals surface area (Å²) in [5, 5.41) is 9.38. The maximum absolute atomic E-state index is 11.1. The predicted octanol–water partition coefficient (Wildman–Crippen LogP) is 6.49. The van der Waals surface area contributed by atoms with Gasteiger partial charge in [0.15, 0.2) is 17.6 Å². The molecule has 32 heavy (non-hydrogen) atoms. The lowest BCUT2D eigenvalue weighted by molar-refractivity contribution is -0.147. The van der Waals surface area contributed by atoms with Crippen LogP contribution in [0.1, 0.15) is 108 Å². The molecule has 0 saturated carbocycles. The fourth-order valence-electron chi connectivity index (χ4n) is 4.73. The molecule has 1 aromatic carbocycles. The standard InChI is InChI=1S/C27H42O5/c28-24-20-23(32-27(24)29)16-14-12-10-8-6-4-2-1-3-5-7-9-11-13-15-22-17-18-25-26(19-22)31-21-30-25/h17-19,23-24,28H,1-16,20-21H2. The van der Waals surface area contributed by atoms with Gasteiger partial charge >= 0.3 is 5.97 Å². The second kappa shape index (κ2) is 14.4. The van der Waals surface area contributed by atoms with Crippen molar-refractivity contribution in [3.05, 3.63) is 23.8 Å². The van der Waals surface area contributed by atoms with Gasteiger partial charge in [-0.2, -0.15) is 0 Å². The average molecular weight is 447 g/mol. The second-order valence-corrected chi connectivity index (χ2v) is 9.49. The van der Waals surface area contributed by atoms with Crippen LogP contribution < -0.4 is 9.47 Å². The van der Waals surface area contributed by atoms with E-state index in [0.717, 1.165) is 30.8 Å². The fourth-order valence-corrected chi connectivity index (χ4v) is 4.73. The summed E-state index contributed by atoms with van der Waals surface area (Å²) in [5.41, 5.74) is 1.36. The van der Waals surface area contributed by atoms with E-state index in [1.165, 1.54) is 89.0 Å². The first-order valence-electron chi connectivity index (χ1n) is 13.0. The van der Waals surface area contributed by atoms with Gasteiger partial charge in [-0.05, 0) is 43.4 Å². The zero-order chi connectivity index (χ0) is 22.4. The molecule has 2 aliphatic rings. The number of benzene rings is 1. The number of hydrogen-bond acceptors (Lipinski definition) is 5. The van der Waals surface area contributed by atoms with Crippen LogP contribution in [-0.4, -0.2) is 30.1 Å². The summed E-state index contributed by atoms with van der Waals surface area (Å²) in [5.74, 6) is 1.34. The number of aliphatic hydroxyl groups excluding tert-OH is 1. The van der Waals surface area contributed by atoms with Gasteiger partial charge in [-0.1, -0.05) is 83.1 Å². The van der Waals surface area contributed by atoms with Gasteiger partial charge in [-0.25, -0.2) is 4.79 Å². The highest BCUT2D eigenvalue weighted by molar-refractivity contribution is 5.76. The number of hydrogen-bond donors (Lipinski definition) is 1. The molecule has 1 fully saturated rings. The molecule has 0 spiro atoms. The first kappa shape index (κ1) is 24.9. The van der Waals surface area contributed by atoms with Crippen molar-refractivity contribution in [1.29, 1.82) is 0 Å². The Morgan fingerprint density at radius 3 is 1.91 bits per heavy atom. The topological polar surface area (TPSA) is 65.0 Å². The number of aliphatic hydroxyl groups is 1. The zero-order valence-corrected chi connectivity index (χ0v) is 19.7. The van der Waals surface area contributed by atoms with Crippen molar-refractivity contribution in [3.63, 3.8) is 0 Å². The summed E-state index contributed by atoms with van der Waals surface area (Å²) in [4.78, 5) is 11.1. The molecule has 180 valence electrons. The number of aryl methyl sites for hydroxylation is 1. The van der Waals surface area contributed by atoms with E-state index in [0.29, 0.717) is 13.2 Å². The summed E-state index contributed by atoms with van der Waals surface area (Å²) < 4.78 is 15.9. The van der Waals surface area contributed by atoms with Gasteiger partial charge in [0, 0.05) is 6.42 Å². The van der Waals surface area contributed by atoms with Crippen molar-refractivity contribution in [3.8, 4) is 11.5 Å². The van der Waals surface area contributed by atoms with Gasteiger partial charge in [-0.15, -0.1) is 0 Å². The van der Waals surface area contributed by atoms with Crippen LogP contribution in [0.15, 0.2) is 18.2 Å². The van der Waals surface area contributed by atoms with Crippen molar-refractivity contribution in [2.24, 2.45) is 0 Å². The molecule has 3 rings (SSSR count). The van der Waals surface area contributed by atoms with Crippen LogP contribution in [0.4, 0.5) is 0 Å². The Hall–Kier alpha value is -1.75. The molecule has 1 aromatic rings. The monoisotopic (exact) mass is 446 g/mol. The first-order valence-corrected chi connectivity index (χ1v) is 13.0. The molecule has 1 N–H and O–H groups in total. The molecule has 5 nitrogen and oxygen atoms in total. The van der Waals surface area contributed by atoms with E-state index in [1.807, 2.05) is 6.07 Å². The van der Waals surface area contributed by atoms with E-state index in [1.54, 1.807) is 0 Å². The summed E-state index contributed by atoms with van der Waals surface area (Å²) >= 11 is 0. The molecule has 0 bridgehead atoms. The number of carbonyl (C=O) groups excluding carboxylic acids is 1. The van der Waals surface area contributed by atoms with Crippen LogP contribution in [-0.2, 0) is 16.0 Å². The Balaban J connectivity index is 1.02. The summed E-state index contributed by atoms with van der Waals surface area (Å²) in [6, 6.07) is 6.32. The smallest absolute Gasteiger partial charge is 0.335 e. The van der Waals surface area contributed by atoms with Gasteiger partial charge in [0.05, 0.1) is 0 Å². The van der Waals surface area contributed by atoms with Crippen molar-refractivity contribution in [2.75, 3.05) is 6.79 Å². The lowest BCUT2D eigenvalue weighted by atomic mass is 10.0. The van der Waals surface area contributed by atoms with E-state index < -0.39 is 12.1 Å². The first-order chi connectivity index (χ1) is 15.7. The Kier molecular flexibility index (Phi) is 11.2. The molecular weight excluding hydrogens is 404 g/mol. The Morgan fingerprint density at radius 2 is 1.31 bits per heavy atom. The predicted molar refractivity (Wildman–Crippen MR) is 126 cm³/mol. The minimum atomic E-state index is -0.882. The third kappa shape index (κ3) is 9.01. The SMILES string of the molecule is O=C1OC(CCCCCCCCCCCCCCCCc2ccc3c(c2)OCO3)CC1O.